The molecule has 2 aromatic rings. The molecular weight excluding hydrogens is 276 g/mol. The summed E-state index contributed by atoms with van der Waals surface area (Å²) in [7, 11) is 1.60. The molecule has 6 heteroatoms. The maximum atomic E-state index is 11.6. The number of carbonyl (C=O) groups excluding carboxylic acids is 1. The summed E-state index contributed by atoms with van der Waals surface area (Å²) in [5, 5.41) is 1.83. The number of nitrogens with one attached hydrogen (secondary N) is 1. The lowest BCUT2D eigenvalue weighted by Gasteiger charge is -2.11. The van der Waals surface area contributed by atoms with Crippen molar-refractivity contribution in [3.63, 3.8) is 0 Å². The lowest BCUT2D eigenvalue weighted by molar-refractivity contribution is 0.0955. The Morgan fingerprint density at radius 2 is 2.15 bits per heavy atom. The van der Waals surface area contributed by atoms with Crippen LogP contribution in [0.1, 0.15) is 20.8 Å². The van der Waals surface area contributed by atoms with Crippen molar-refractivity contribution in [1.82, 2.24) is 5.43 Å². The molecule has 0 saturated carbocycles. The molecule has 0 unspecified atom stereocenters. The molecule has 0 aliphatic heterocycles. The van der Waals surface area contributed by atoms with Crippen LogP contribution in [-0.2, 0) is 6.61 Å². The molecule has 1 heterocycles. The quantitative estimate of drug-likeness (QED) is 0.503. The summed E-state index contributed by atoms with van der Waals surface area (Å²) >= 11 is 1.33. The molecule has 2 rings (SSSR count). The topological polar surface area (TPSA) is 73.6 Å². The van der Waals surface area contributed by atoms with Gasteiger partial charge in [0.2, 0.25) is 0 Å². The van der Waals surface area contributed by atoms with Gasteiger partial charge >= 0.3 is 0 Å². The minimum absolute atomic E-state index is 0.283. The zero-order chi connectivity index (χ0) is 14.5. The Bertz CT molecular complexity index is 610. The van der Waals surface area contributed by atoms with E-state index in [9.17, 15) is 4.79 Å². The third-order valence-electron chi connectivity index (χ3n) is 2.79. The van der Waals surface area contributed by atoms with Crippen LogP contribution in [0.2, 0.25) is 0 Å². The Morgan fingerprint density at radius 1 is 1.35 bits per heavy atom. The van der Waals surface area contributed by atoms with Crippen LogP contribution in [0.5, 0.6) is 11.5 Å². The Morgan fingerprint density at radius 3 is 2.85 bits per heavy atom. The second-order valence-corrected chi connectivity index (χ2v) is 5.11. The number of thiophene rings is 1. The summed E-state index contributed by atoms with van der Waals surface area (Å²) in [6.45, 7) is 2.26. The van der Waals surface area contributed by atoms with E-state index in [0.29, 0.717) is 16.4 Å². The third kappa shape index (κ3) is 3.09. The van der Waals surface area contributed by atoms with Gasteiger partial charge in [0.05, 0.1) is 12.0 Å². The van der Waals surface area contributed by atoms with E-state index in [1.807, 2.05) is 36.6 Å². The van der Waals surface area contributed by atoms with Gasteiger partial charge in [0.1, 0.15) is 6.61 Å². The zero-order valence-corrected chi connectivity index (χ0v) is 12.1. The fraction of sp³-hybridized carbons (Fsp3) is 0.214. The highest BCUT2D eigenvalue weighted by Crippen LogP contribution is 2.29. The first-order valence-corrected chi connectivity index (χ1v) is 6.88. The van der Waals surface area contributed by atoms with Gasteiger partial charge in [0, 0.05) is 5.56 Å². The van der Waals surface area contributed by atoms with Gasteiger partial charge in [-0.3, -0.25) is 10.2 Å². The Kier molecular flexibility index (Phi) is 4.60. The summed E-state index contributed by atoms with van der Waals surface area (Å²) < 4.78 is 11.0. The summed E-state index contributed by atoms with van der Waals surface area (Å²) in [4.78, 5) is 12.1. The predicted octanol–water partition coefficient (Wildman–Crippen LogP) is 2.25. The first-order chi connectivity index (χ1) is 9.65. The van der Waals surface area contributed by atoms with Crippen molar-refractivity contribution >= 4 is 17.2 Å². The molecule has 0 saturated heterocycles. The minimum Gasteiger partial charge on any atom is -0.493 e. The first-order valence-electron chi connectivity index (χ1n) is 6.00. The van der Waals surface area contributed by atoms with Gasteiger partial charge in [-0.05, 0) is 36.1 Å². The van der Waals surface area contributed by atoms with Crippen molar-refractivity contribution in [3.8, 4) is 11.5 Å². The number of aryl methyl sites for hydroxylation is 1. The molecule has 20 heavy (non-hydrogen) atoms. The van der Waals surface area contributed by atoms with Crippen molar-refractivity contribution in [1.29, 1.82) is 0 Å². The molecule has 1 amide bonds. The number of ether oxygens (including phenoxy) is 2. The standard InChI is InChI=1S/C14H16N2O3S/c1-9-3-4-11(12(7-9)18-2)19-8-10-5-6-20-13(10)14(17)16-15/h3-7H,8,15H2,1-2H3,(H,16,17). The number of hydrogen-bond acceptors (Lipinski definition) is 5. The van der Waals surface area contributed by atoms with E-state index in [2.05, 4.69) is 5.43 Å². The van der Waals surface area contributed by atoms with Gasteiger partial charge in [0.25, 0.3) is 5.91 Å². The first kappa shape index (κ1) is 14.4. The van der Waals surface area contributed by atoms with Gasteiger partial charge in [0.15, 0.2) is 11.5 Å². The summed E-state index contributed by atoms with van der Waals surface area (Å²) in [5.74, 6) is 6.15. The molecule has 3 N–H and O–H groups in total. The van der Waals surface area contributed by atoms with Gasteiger partial charge in [-0.1, -0.05) is 6.07 Å². The molecule has 0 atom stereocenters. The SMILES string of the molecule is COc1cc(C)ccc1OCc1ccsc1C(=O)NN. The molecule has 0 radical (unpaired) electrons. The molecule has 1 aromatic heterocycles. The van der Waals surface area contributed by atoms with Crippen LogP contribution in [-0.4, -0.2) is 13.0 Å². The van der Waals surface area contributed by atoms with Crippen LogP contribution in [0.4, 0.5) is 0 Å². The van der Waals surface area contributed by atoms with E-state index in [1.54, 1.807) is 7.11 Å². The second-order valence-electron chi connectivity index (χ2n) is 4.19. The number of hydrogen-bond donors (Lipinski definition) is 2. The average molecular weight is 292 g/mol. The maximum Gasteiger partial charge on any atom is 0.275 e. The monoisotopic (exact) mass is 292 g/mol. The molecule has 1 aromatic carbocycles. The molecule has 106 valence electrons. The lowest BCUT2D eigenvalue weighted by atomic mass is 10.2. The van der Waals surface area contributed by atoms with E-state index in [-0.39, 0.29) is 12.5 Å². The van der Waals surface area contributed by atoms with Crippen LogP contribution in [0, 0.1) is 6.92 Å². The Labute approximate surface area is 121 Å². The van der Waals surface area contributed by atoms with Crippen LogP contribution in [0.3, 0.4) is 0 Å². The van der Waals surface area contributed by atoms with Gasteiger partial charge < -0.3 is 9.47 Å². The van der Waals surface area contributed by atoms with Crippen molar-refractivity contribution in [2.24, 2.45) is 5.84 Å². The van der Waals surface area contributed by atoms with Crippen LogP contribution >= 0.6 is 11.3 Å². The molecule has 0 aliphatic rings. The smallest absolute Gasteiger partial charge is 0.275 e. The predicted molar refractivity (Wildman–Crippen MR) is 78.0 cm³/mol. The molecule has 0 spiro atoms. The number of nitrogen functional groups attached to an aromatic ring is 1. The molecule has 0 aliphatic carbocycles. The van der Waals surface area contributed by atoms with Crippen molar-refractivity contribution in [2.45, 2.75) is 13.5 Å². The van der Waals surface area contributed by atoms with E-state index in [1.165, 1.54) is 11.3 Å². The third-order valence-corrected chi connectivity index (χ3v) is 3.74. The highest BCUT2D eigenvalue weighted by atomic mass is 32.1. The number of hydrazine groups is 1. The van der Waals surface area contributed by atoms with Gasteiger partial charge in [-0.15, -0.1) is 11.3 Å². The second kappa shape index (κ2) is 6.40. The van der Waals surface area contributed by atoms with Crippen LogP contribution in [0.25, 0.3) is 0 Å². The highest BCUT2D eigenvalue weighted by Gasteiger charge is 2.13. The number of rotatable bonds is 5. The summed E-state index contributed by atoms with van der Waals surface area (Å²) in [5.41, 5.74) is 4.01. The number of nitrogens with two attached hydrogens (primary N) is 1. The van der Waals surface area contributed by atoms with E-state index in [0.717, 1.165) is 11.1 Å². The summed E-state index contributed by atoms with van der Waals surface area (Å²) in [6.07, 6.45) is 0. The fourth-order valence-electron chi connectivity index (χ4n) is 1.76. The lowest BCUT2D eigenvalue weighted by Crippen LogP contribution is -2.30. The maximum absolute atomic E-state index is 11.6. The van der Waals surface area contributed by atoms with E-state index in [4.69, 9.17) is 15.3 Å². The van der Waals surface area contributed by atoms with E-state index < -0.39 is 0 Å². The van der Waals surface area contributed by atoms with Crippen molar-refractivity contribution in [3.05, 3.63) is 45.6 Å². The van der Waals surface area contributed by atoms with Crippen LogP contribution < -0.4 is 20.7 Å². The fourth-order valence-corrected chi connectivity index (χ4v) is 2.58. The number of benzene rings is 1. The molecular formula is C14H16N2O3S. The summed E-state index contributed by atoms with van der Waals surface area (Å²) in [6, 6.07) is 7.54. The van der Waals surface area contributed by atoms with Crippen molar-refractivity contribution < 1.29 is 14.3 Å². The van der Waals surface area contributed by atoms with Gasteiger partial charge in [-0.2, -0.15) is 0 Å². The zero-order valence-electron chi connectivity index (χ0n) is 11.3. The minimum atomic E-state index is -0.311. The molecule has 0 bridgehead atoms. The largest absolute Gasteiger partial charge is 0.493 e. The molecule has 5 nitrogen and oxygen atoms in total. The highest BCUT2D eigenvalue weighted by molar-refractivity contribution is 7.12. The average Bonchev–Trinajstić information content (AvgIpc) is 2.93. The number of carbonyl (C=O) groups is 1. The number of methoxy groups -OCH3 is 1. The Hall–Kier alpha value is -2.05. The van der Waals surface area contributed by atoms with Gasteiger partial charge in [-0.25, -0.2) is 5.84 Å². The van der Waals surface area contributed by atoms with Crippen molar-refractivity contribution in [2.75, 3.05) is 7.11 Å². The molecule has 0 fully saturated rings. The van der Waals surface area contributed by atoms with Crippen LogP contribution in [0.15, 0.2) is 29.6 Å². The van der Waals surface area contributed by atoms with E-state index >= 15 is 0 Å². The number of amides is 1. The normalized spacial score (nSPS) is 10.2. The Balaban J connectivity index is 2.13.